The molecule has 0 spiro atoms. The average Bonchev–Trinajstić information content (AvgIpc) is 2.92. The van der Waals surface area contributed by atoms with Gasteiger partial charge in [0.15, 0.2) is 8.15 Å². The maximum atomic E-state index is 12.1. The maximum absolute atomic E-state index is 12.1. The van der Waals surface area contributed by atoms with Gasteiger partial charge in [0.2, 0.25) is 0 Å². The van der Waals surface area contributed by atoms with E-state index in [1.807, 2.05) is 60.7 Å². The van der Waals surface area contributed by atoms with E-state index in [-0.39, 0.29) is 16.7 Å². The molecule has 186 valence electrons. The lowest BCUT2D eigenvalue weighted by Gasteiger charge is -2.24. The first-order chi connectivity index (χ1) is 18.0. The molecule has 4 aromatic rings. The molecule has 8 heteroatoms. The van der Waals surface area contributed by atoms with Crippen LogP contribution in [0.25, 0.3) is 11.1 Å². The molecule has 2 radical (unpaired) electrons. The van der Waals surface area contributed by atoms with Gasteiger partial charge in [-0.1, -0.05) is 91.6 Å². The zero-order chi connectivity index (χ0) is 26.2. The fourth-order valence-corrected chi connectivity index (χ4v) is 5.64. The van der Waals surface area contributed by atoms with Crippen molar-refractivity contribution in [2.24, 2.45) is 0 Å². The number of nitro groups is 1. The van der Waals surface area contributed by atoms with E-state index in [0.717, 1.165) is 23.5 Å². The Bertz CT molecular complexity index is 1310. The fraction of sp³-hybridized carbons (Fsp3) is 0.172. The van der Waals surface area contributed by atoms with Crippen LogP contribution in [0.1, 0.15) is 19.8 Å². The van der Waals surface area contributed by atoms with Crippen LogP contribution in [0, 0.1) is 10.1 Å². The van der Waals surface area contributed by atoms with Gasteiger partial charge >= 0.3 is 0 Å². The number of hydrogen-bond acceptors (Lipinski definition) is 5. The summed E-state index contributed by atoms with van der Waals surface area (Å²) in [6, 6.07) is 27.9. The van der Waals surface area contributed by atoms with E-state index in [2.05, 4.69) is 6.92 Å². The Kier molecular flexibility index (Phi) is 8.81. The predicted octanol–water partition coefficient (Wildman–Crippen LogP) is 5.67. The molecular formula is C29H27BNO5P. The van der Waals surface area contributed by atoms with Crippen molar-refractivity contribution >= 4 is 37.8 Å². The van der Waals surface area contributed by atoms with Crippen LogP contribution in [-0.2, 0) is 0 Å². The minimum atomic E-state index is -1.34. The normalized spacial score (nSPS) is 10.8. The van der Waals surface area contributed by atoms with Crippen LogP contribution in [0.4, 0.5) is 5.69 Å². The summed E-state index contributed by atoms with van der Waals surface area (Å²) in [5.41, 5.74) is 0.821. The third kappa shape index (κ3) is 6.12. The lowest BCUT2D eigenvalue weighted by molar-refractivity contribution is -0.384. The number of nitro benzene ring substituents is 1. The molecule has 0 aliphatic rings. The summed E-state index contributed by atoms with van der Waals surface area (Å²) in [5, 5.41) is 14.0. The van der Waals surface area contributed by atoms with Crippen molar-refractivity contribution < 1.29 is 18.9 Å². The van der Waals surface area contributed by atoms with Crippen molar-refractivity contribution in [1.29, 1.82) is 0 Å². The molecule has 0 fully saturated rings. The molecule has 0 aliphatic carbocycles. The molecule has 0 amide bonds. The van der Waals surface area contributed by atoms with Gasteiger partial charge in [-0.05, 0) is 6.42 Å². The van der Waals surface area contributed by atoms with Gasteiger partial charge in [0.1, 0.15) is 25.1 Å². The zero-order valence-corrected chi connectivity index (χ0v) is 21.7. The molecule has 0 saturated heterocycles. The van der Waals surface area contributed by atoms with Gasteiger partial charge < -0.3 is 14.0 Å². The summed E-state index contributed by atoms with van der Waals surface area (Å²) in [6.45, 7) is 2.50. The predicted molar refractivity (Wildman–Crippen MR) is 151 cm³/mol. The maximum Gasteiger partial charge on any atom is 0.276 e. The van der Waals surface area contributed by atoms with Crippen LogP contribution in [0.15, 0.2) is 91.0 Å². The Balaban J connectivity index is 1.96. The average molecular weight is 511 g/mol. The minimum Gasteiger partial charge on any atom is -0.496 e. The Morgan fingerprint density at radius 1 is 0.865 bits per heavy atom. The number of methoxy groups -OCH3 is 1. The number of nitrogens with zero attached hydrogens (tertiary/aromatic N) is 1. The van der Waals surface area contributed by atoms with Gasteiger partial charge in [0.05, 0.1) is 29.8 Å². The molecule has 0 aromatic heterocycles. The number of rotatable bonds is 11. The topological polar surface area (TPSA) is 70.8 Å². The van der Waals surface area contributed by atoms with Crippen LogP contribution < -0.4 is 30.1 Å². The Morgan fingerprint density at radius 2 is 1.49 bits per heavy atom. The van der Waals surface area contributed by atoms with Gasteiger partial charge in [0.25, 0.3) is 5.69 Å². The summed E-state index contributed by atoms with van der Waals surface area (Å²) in [7, 11) is 6.59. The van der Waals surface area contributed by atoms with E-state index in [4.69, 9.17) is 21.8 Å². The van der Waals surface area contributed by atoms with Gasteiger partial charge in [0, 0.05) is 28.8 Å². The highest BCUT2D eigenvalue weighted by Crippen LogP contribution is 2.49. The van der Waals surface area contributed by atoms with Crippen LogP contribution in [0.3, 0.4) is 0 Å². The van der Waals surface area contributed by atoms with Crippen molar-refractivity contribution in [3.05, 3.63) is 101 Å². The third-order valence-corrected chi connectivity index (χ3v) is 7.64. The standard InChI is InChI=1S/C29H27BNO5P/c1-3-4-18-35-26-19-21(34-2)20-27(29(26)28-24(30)16-11-17-25(28)31(32)33)36-37(22-12-7-5-8-13-22)23-14-9-6-10-15-23/h5-17,19-20H,3-4,18H2,1-2H3. The lowest BCUT2D eigenvalue weighted by Crippen LogP contribution is -2.17. The van der Waals surface area contributed by atoms with Crippen LogP contribution in [0.2, 0.25) is 0 Å². The highest BCUT2D eigenvalue weighted by molar-refractivity contribution is 7.68. The smallest absolute Gasteiger partial charge is 0.276 e. The Hall–Kier alpha value is -3.83. The largest absolute Gasteiger partial charge is 0.496 e. The highest BCUT2D eigenvalue weighted by atomic mass is 31.1. The molecule has 0 atom stereocenters. The number of benzene rings is 4. The first-order valence-electron chi connectivity index (χ1n) is 12.0. The first kappa shape index (κ1) is 26.2. The Labute approximate surface area is 219 Å². The second-order valence-corrected chi connectivity index (χ2v) is 10.1. The third-order valence-electron chi connectivity index (χ3n) is 5.72. The molecule has 37 heavy (non-hydrogen) atoms. The highest BCUT2D eigenvalue weighted by Gasteiger charge is 2.28. The quantitative estimate of drug-likeness (QED) is 0.0854. The SMILES string of the molecule is [B]c1cccc([N+](=O)[O-])c1-c1c(OCCCC)cc(OC)cc1OP(c1ccccc1)c1ccccc1. The molecular weight excluding hydrogens is 484 g/mol. The van der Waals surface area contributed by atoms with Crippen LogP contribution in [0.5, 0.6) is 17.2 Å². The van der Waals surface area contributed by atoms with Crippen molar-refractivity contribution in [2.45, 2.75) is 19.8 Å². The van der Waals surface area contributed by atoms with E-state index in [1.54, 1.807) is 31.4 Å². The van der Waals surface area contributed by atoms with E-state index in [0.29, 0.717) is 29.4 Å². The van der Waals surface area contributed by atoms with E-state index >= 15 is 0 Å². The summed E-state index contributed by atoms with van der Waals surface area (Å²) in [6.07, 6.45) is 1.75. The first-order valence-corrected chi connectivity index (χ1v) is 13.3. The molecule has 0 N–H and O–H groups in total. The molecule has 4 rings (SSSR count). The van der Waals surface area contributed by atoms with Crippen LogP contribution in [-0.4, -0.2) is 26.5 Å². The number of ether oxygens (including phenoxy) is 2. The van der Waals surface area contributed by atoms with Crippen molar-refractivity contribution in [3.63, 3.8) is 0 Å². The van der Waals surface area contributed by atoms with Crippen molar-refractivity contribution in [1.82, 2.24) is 0 Å². The zero-order valence-electron chi connectivity index (χ0n) is 20.8. The summed E-state index contributed by atoms with van der Waals surface area (Å²) in [4.78, 5) is 11.6. The lowest BCUT2D eigenvalue weighted by atomic mass is 9.85. The van der Waals surface area contributed by atoms with Gasteiger partial charge in [-0.2, -0.15) is 0 Å². The second kappa shape index (κ2) is 12.4. The molecule has 0 saturated carbocycles. The van der Waals surface area contributed by atoms with Gasteiger partial charge in [-0.3, -0.25) is 10.1 Å². The number of unbranched alkanes of at least 4 members (excludes halogenated alkanes) is 1. The van der Waals surface area contributed by atoms with Gasteiger partial charge in [-0.25, -0.2) is 0 Å². The second-order valence-electron chi connectivity index (χ2n) is 8.26. The van der Waals surface area contributed by atoms with Gasteiger partial charge in [-0.15, -0.1) is 0 Å². The summed E-state index contributed by atoms with van der Waals surface area (Å²) < 4.78 is 18.5. The minimum absolute atomic E-state index is 0.126. The monoisotopic (exact) mass is 511 g/mol. The van der Waals surface area contributed by atoms with Crippen LogP contribution >= 0.6 is 8.15 Å². The molecule has 0 bridgehead atoms. The van der Waals surface area contributed by atoms with Crippen molar-refractivity contribution in [3.8, 4) is 28.4 Å². The van der Waals surface area contributed by atoms with E-state index < -0.39 is 13.1 Å². The number of hydrogen-bond donors (Lipinski definition) is 0. The molecule has 0 aliphatic heterocycles. The molecule has 0 heterocycles. The molecule has 4 aromatic carbocycles. The van der Waals surface area contributed by atoms with E-state index in [9.17, 15) is 10.1 Å². The van der Waals surface area contributed by atoms with E-state index in [1.165, 1.54) is 6.07 Å². The summed E-state index contributed by atoms with van der Waals surface area (Å²) in [5.74, 6) is 1.32. The Morgan fingerprint density at radius 3 is 2.05 bits per heavy atom. The van der Waals surface area contributed by atoms with Crippen molar-refractivity contribution in [2.75, 3.05) is 13.7 Å². The molecule has 6 nitrogen and oxygen atoms in total. The fourth-order valence-electron chi connectivity index (χ4n) is 3.90. The molecule has 0 unspecified atom stereocenters. The summed E-state index contributed by atoms with van der Waals surface area (Å²) >= 11 is 0.